The summed E-state index contributed by atoms with van der Waals surface area (Å²) in [5.41, 5.74) is 0.465. The Kier molecular flexibility index (Phi) is 5.56. The number of hydrogen-bond acceptors (Lipinski definition) is 4. The van der Waals surface area contributed by atoms with Gasteiger partial charge in [-0.05, 0) is 19.4 Å². The predicted octanol–water partition coefficient (Wildman–Crippen LogP) is 2.81. The van der Waals surface area contributed by atoms with E-state index in [1.54, 1.807) is 0 Å². The average molecular weight is 330 g/mol. The lowest BCUT2D eigenvalue weighted by atomic mass is 9.97. The molecule has 0 radical (unpaired) electrons. The fourth-order valence-electron chi connectivity index (χ4n) is 2.61. The van der Waals surface area contributed by atoms with Crippen LogP contribution in [0.5, 0.6) is 0 Å². The minimum atomic E-state index is -4.24. The topological polar surface area (TPSA) is 58.1 Å². The van der Waals surface area contributed by atoms with E-state index in [0.29, 0.717) is 30.9 Å². The van der Waals surface area contributed by atoms with E-state index in [1.807, 2.05) is 13.8 Å². The Labute approximate surface area is 133 Å². The summed E-state index contributed by atoms with van der Waals surface area (Å²) in [6.45, 7) is 3.45. The lowest BCUT2D eigenvalue weighted by Gasteiger charge is -2.32. The van der Waals surface area contributed by atoms with Crippen molar-refractivity contribution in [3.63, 3.8) is 0 Å². The number of carbonyl (C=O) groups excluding carboxylic acids is 1. The molecule has 0 bridgehead atoms. The second-order valence-corrected chi connectivity index (χ2v) is 6.16. The number of likely N-dealkylation sites (tertiary alicyclic amines) is 1. The van der Waals surface area contributed by atoms with Gasteiger partial charge in [0, 0.05) is 12.5 Å². The summed E-state index contributed by atoms with van der Waals surface area (Å²) in [4.78, 5) is 21.8. The molecule has 0 aromatic carbocycles. The number of rotatable bonds is 4. The maximum atomic E-state index is 12.5. The third-order valence-electron chi connectivity index (χ3n) is 3.73. The molecule has 1 atom stereocenters. The third-order valence-corrected chi connectivity index (χ3v) is 3.73. The van der Waals surface area contributed by atoms with E-state index in [0.717, 1.165) is 0 Å². The zero-order valence-electron chi connectivity index (χ0n) is 13.2. The van der Waals surface area contributed by atoms with E-state index in [1.165, 1.54) is 17.3 Å². The van der Waals surface area contributed by atoms with Gasteiger partial charge in [0.05, 0.1) is 30.5 Å². The fourth-order valence-corrected chi connectivity index (χ4v) is 2.61. The van der Waals surface area contributed by atoms with Gasteiger partial charge >= 0.3 is 6.18 Å². The van der Waals surface area contributed by atoms with Crippen LogP contribution in [0.15, 0.2) is 12.4 Å². The molecule has 2 heterocycles. The number of halogens is 3. The normalized spacial score (nSPS) is 19.8. The zero-order chi connectivity index (χ0) is 17.0. The van der Waals surface area contributed by atoms with E-state index in [9.17, 15) is 18.0 Å². The molecule has 1 aromatic heterocycles. The molecule has 1 amide bonds. The van der Waals surface area contributed by atoms with Crippen molar-refractivity contribution in [2.45, 2.75) is 38.8 Å². The second kappa shape index (κ2) is 7.25. The van der Waals surface area contributed by atoms with Crippen molar-refractivity contribution in [1.82, 2.24) is 14.9 Å². The molecule has 1 saturated heterocycles. The minimum Gasteiger partial charge on any atom is -0.323 e. The van der Waals surface area contributed by atoms with Crippen LogP contribution in [0.2, 0.25) is 0 Å². The largest absolute Gasteiger partial charge is 0.401 e. The predicted molar refractivity (Wildman–Crippen MR) is 80.0 cm³/mol. The summed E-state index contributed by atoms with van der Waals surface area (Å²) in [6, 6.07) is 0. The van der Waals surface area contributed by atoms with E-state index in [2.05, 4.69) is 15.3 Å². The van der Waals surface area contributed by atoms with Gasteiger partial charge in [0.2, 0.25) is 5.91 Å². The summed E-state index contributed by atoms with van der Waals surface area (Å²) >= 11 is 0. The monoisotopic (exact) mass is 330 g/mol. The van der Waals surface area contributed by atoms with Crippen LogP contribution in [0.3, 0.4) is 0 Å². The molecule has 1 fully saturated rings. The highest BCUT2D eigenvalue weighted by atomic mass is 19.4. The van der Waals surface area contributed by atoms with E-state index in [-0.39, 0.29) is 18.4 Å². The molecule has 128 valence electrons. The van der Waals surface area contributed by atoms with Gasteiger partial charge in [-0.2, -0.15) is 13.2 Å². The van der Waals surface area contributed by atoms with Gasteiger partial charge in [-0.3, -0.25) is 9.69 Å². The van der Waals surface area contributed by atoms with Crippen molar-refractivity contribution in [1.29, 1.82) is 0 Å². The maximum absolute atomic E-state index is 12.5. The first-order valence-corrected chi connectivity index (χ1v) is 7.66. The SMILES string of the molecule is CC(C)c1ncc(NC(=O)C2CCCN(CC(F)(F)F)C2)cn1. The number of hydrogen-bond donors (Lipinski definition) is 1. The molecule has 5 nitrogen and oxygen atoms in total. The van der Waals surface area contributed by atoms with Crippen LogP contribution in [-0.4, -0.2) is 46.6 Å². The van der Waals surface area contributed by atoms with Crippen LogP contribution in [-0.2, 0) is 4.79 Å². The van der Waals surface area contributed by atoms with Gasteiger partial charge in [-0.25, -0.2) is 9.97 Å². The van der Waals surface area contributed by atoms with Crippen LogP contribution in [0, 0.1) is 5.92 Å². The molecule has 2 rings (SSSR count). The molecule has 0 saturated carbocycles. The van der Waals surface area contributed by atoms with Gasteiger partial charge in [0.25, 0.3) is 0 Å². The van der Waals surface area contributed by atoms with E-state index >= 15 is 0 Å². The number of piperidine rings is 1. The molecular formula is C15H21F3N4O. The van der Waals surface area contributed by atoms with Crippen LogP contribution < -0.4 is 5.32 Å². The summed E-state index contributed by atoms with van der Waals surface area (Å²) in [7, 11) is 0. The molecular weight excluding hydrogens is 309 g/mol. The molecule has 1 aliphatic heterocycles. The third kappa shape index (κ3) is 5.46. The van der Waals surface area contributed by atoms with Crippen molar-refractivity contribution >= 4 is 11.6 Å². The highest BCUT2D eigenvalue weighted by Gasteiger charge is 2.34. The van der Waals surface area contributed by atoms with Gasteiger partial charge in [0.1, 0.15) is 5.82 Å². The van der Waals surface area contributed by atoms with Crippen molar-refractivity contribution in [2.24, 2.45) is 5.92 Å². The number of anilines is 1. The first-order chi connectivity index (χ1) is 10.7. The fraction of sp³-hybridized carbons (Fsp3) is 0.667. The van der Waals surface area contributed by atoms with Crippen molar-refractivity contribution in [3.8, 4) is 0 Å². The van der Waals surface area contributed by atoms with Gasteiger partial charge in [0.15, 0.2) is 0 Å². The van der Waals surface area contributed by atoms with Gasteiger partial charge in [-0.1, -0.05) is 13.8 Å². The van der Waals surface area contributed by atoms with Crippen molar-refractivity contribution in [2.75, 3.05) is 25.0 Å². The maximum Gasteiger partial charge on any atom is 0.401 e. The molecule has 1 unspecified atom stereocenters. The van der Waals surface area contributed by atoms with Crippen LogP contribution in [0.25, 0.3) is 0 Å². The highest BCUT2D eigenvalue weighted by molar-refractivity contribution is 5.92. The molecule has 1 aromatic rings. The molecule has 1 aliphatic rings. The standard InChI is InChI=1S/C15H21F3N4O/c1-10(2)13-19-6-12(7-20-13)21-14(23)11-4-3-5-22(8-11)9-15(16,17)18/h6-7,10-11H,3-5,8-9H2,1-2H3,(H,21,23). The Morgan fingerprint density at radius 3 is 2.61 bits per heavy atom. The molecule has 0 spiro atoms. The first-order valence-electron chi connectivity index (χ1n) is 7.66. The molecule has 23 heavy (non-hydrogen) atoms. The summed E-state index contributed by atoms with van der Waals surface area (Å²) in [5, 5.41) is 2.69. The summed E-state index contributed by atoms with van der Waals surface area (Å²) in [5.74, 6) is 0.139. The minimum absolute atomic E-state index is 0.121. The summed E-state index contributed by atoms with van der Waals surface area (Å²) < 4.78 is 37.4. The Bertz CT molecular complexity index is 531. The Morgan fingerprint density at radius 1 is 1.39 bits per heavy atom. The number of nitrogens with one attached hydrogen (secondary N) is 1. The molecule has 8 heteroatoms. The summed E-state index contributed by atoms with van der Waals surface area (Å²) in [6.07, 6.45) is -0.0198. The average Bonchev–Trinajstić information content (AvgIpc) is 2.46. The van der Waals surface area contributed by atoms with Crippen molar-refractivity contribution < 1.29 is 18.0 Å². The number of carbonyl (C=O) groups is 1. The number of aromatic nitrogens is 2. The Morgan fingerprint density at radius 2 is 2.04 bits per heavy atom. The van der Waals surface area contributed by atoms with Crippen LogP contribution in [0.4, 0.5) is 18.9 Å². The van der Waals surface area contributed by atoms with Crippen LogP contribution >= 0.6 is 0 Å². The van der Waals surface area contributed by atoms with E-state index in [4.69, 9.17) is 0 Å². The quantitative estimate of drug-likeness (QED) is 0.922. The van der Waals surface area contributed by atoms with E-state index < -0.39 is 18.6 Å². The number of amides is 1. The van der Waals surface area contributed by atoms with Crippen LogP contribution in [0.1, 0.15) is 38.4 Å². The van der Waals surface area contributed by atoms with Gasteiger partial charge < -0.3 is 5.32 Å². The number of alkyl halides is 3. The smallest absolute Gasteiger partial charge is 0.323 e. The Balaban J connectivity index is 1.92. The molecule has 1 N–H and O–H groups in total. The lowest BCUT2D eigenvalue weighted by Crippen LogP contribution is -2.44. The highest BCUT2D eigenvalue weighted by Crippen LogP contribution is 2.23. The van der Waals surface area contributed by atoms with Gasteiger partial charge in [-0.15, -0.1) is 0 Å². The number of nitrogens with zero attached hydrogens (tertiary/aromatic N) is 3. The Hall–Kier alpha value is -1.70. The second-order valence-electron chi connectivity index (χ2n) is 6.16. The molecule has 0 aliphatic carbocycles. The van der Waals surface area contributed by atoms with Crippen molar-refractivity contribution in [3.05, 3.63) is 18.2 Å². The zero-order valence-corrected chi connectivity index (χ0v) is 13.2. The first kappa shape index (κ1) is 17.7. The lowest BCUT2D eigenvalue weighted by molar-refractivity contribution is -0.151.